The van der Waals surface area contributed by atoms with E-state index in [-0.39, 0.29) is 18.7 Å². The summed E-state index contributed by atoms with van der Waals surface area (Å²) in [6.07, 6.45) is -3.78. The van der Waals surface area contributed by atoms with Gasteiger partial charge in [-0.1, -0.05) is 17.3 Å². The fraction of sp³-hybridized carbons (Fsp3) is 0.385. The van der Waals surface area contributed by atoms with Crippen LogP contribution >= 0.6 is 0 Å². The highest BCUT2D eigenvalue weighted by Crippen LogP contribution is 2.30. The molecular weight excluding hydrogens is 489 g/mol. The number of nitrogens with zero attached hydrogens (tertiary/aromatic N) is 2. The highest BCUT2D eigenvalue weighted by molar-refractivity contribution is 5.99. The first-order valence-corrected chi connectivity index (χ1v) is 11.8. The zero-order valence-corrected chi connectivity index (χ0v) is 20.6. The standard InChI is InChI=1S/C26H27F3N4O4/c1-25(2,3)36-24(35)30-19(12-15-4-7-18(8-5-15)26(27,28)29)9-11-22-32-23(33-37-22)16-6-10-20-17(13-16)14-21(34)31-20/h4-8,10,13,19H,9,11-12,14H2,1-3H3,(H,30,35)(H,31,34)/t19-/m0/s1. The summed E-state index contributed by atoms with van der Waals surface area (Å²) in [4.78, 5) is 28.4. The van der Waals surface area contributed by atoms with Crippen molar-refractivity contribution in [3.8, 4) is 11.4 Å². The molecule has 0 fully saturated rings. The summed E-state index contributed by atoms with van der Waals surface area (Å²) in [7, 11) is 0. The largest absolute Gasteiger partial charge is 0.444 e. The van der Waals surface area contributed by atoms with Crippen molar-refractivity contribution < 1.29 is 32.0 Å². The third-order valence-corrected chi connectivity index (χ3v) is 5.65. The van der Waals surface area contributed by atoms with Gasteiger partial charge in [0.1, 0.15) is 5.60 Å². The van der Waals surface area contributed by atoms with Crippen molar-refractivity contribution in [2.75, 3.05) is 5.32 Å². The molecule has 3 aromatic rings. The Labute approximate surface area is 211 Å². The molecule has 0 saturated carbocycles. The Kier molecular flexibility index (Phi) is 7.24. The van der Waals surface area contributed by atoms with Crippen LogP contribution in [0.4, 0.5) is 23.7 Å². The molecule has 8 nitrogen and oxygen atoms in total. The average Bonchev–Trinajstić information content (AvgIpc) is 3.41. The minimum absolute atomic E-state index is 0.0717. The van der Waals surface area contributed by atoms with Crippen LogP contribution in [-0.2, 0) is 35.0 Å². The maximum atomic E-state index is 12.9. The number of rotatable bonds is 7. The van der Waals surface area contributed by atoms with Crippen molar-refractivity contribution in [1.82, 2.24) is 15.5 Å². The van der Waals surface area contributed by atoms with Gasteiger partial charge in [0, 0.05) is 23.7 Å². The van der Waals surface area contributed by atoms with E-state index in [1.165, 1.54) is 12.1 Å². The molecule has 2 N–H and O–H groups in total. The zero-order valence-electron chi connectivity index (χ0n) is 20.6. The second-order valence-corrected chi connectivity index (χ2v) is 9.89. The van der Waals surface area contributed by atoms with E-state index in [0.717, 1.165) is 23.4 Å². The van der Waals surface area contributed by atoms with Crippen LogP contribution in [0.1, 0.15) is 49.8 Å². The third kappa shape index (κ3) is 7.08. The smallest absolute Gasteiger partial charge is 0.416 e. The fourth-order valence-electron chi connectivity index (χ4n) is 3.95. The first-order chi connectivity index (χ1) is 17.4. The van der Waals surface area contributed by atoms with Gasteiger partial charge in [-0.05, 0) is 75.1 Å². The van der Waals surface area contributed by atoms with Crippen molar-refractivity contribution in [1.29, 1.82) is 0 Å². The Morgan fingerprint density at radius 2 is 1.89 bits per heavy atom. The number of alkyl carbamates (subject to hydrolysis) is 1. The van der Waals surface area contributed by atoms with Crippen LogP contribution in [0, 0.1) is 0 Å². The summed E-state index contributed by atoms with van der Waals surface area (Å²) < 4.78 is 49.5. The maximum Gasteiger partial charge on any atom is 0.416 e. The number of aromatic nitrogens is 2. The van der Waals surface area contributed by atoms with Crippen LogP contribution in [0.2, 0.25) is 0 Å². The molecule has 196 valence electrons. The van der Waals surface area contributed by atoms with Gasteiger partial charge in [0.15, 0.2) is 0 Å². The van der Waals surface area contributed by atoms with Gasteiger partial charge in [0.2, 0.25) is 17.6 Å². The average molecular weight is 517 g/mol. The lowest BCUT2D eigenvalue weighted by atomic mass is 10.0. The lowest BCUT2D eigenvalue weighted by Crippen LogP contribution is -2.40. The fourth-order valence-corrected chi connectivity index (χ4v) is 3.95. The number of hydrogen-bond acceptors (Lipinski definition) is 6. The molecule has 11 heteroatoms. The van der Waals surface area contributed by atoms with Gasteiger partial charge < -0.3 is 19.9 Å². The lowest BCUT2D eigenvalue weighted by Gasteiger charge is -2.23. The van der Waals surface area contributed by atoms with Gasteiger partial charge in [-0.25, -0.2) is 4.79 Å². The Hall–Kier alpha value is -3.89. The van der Waals surface area contributed by atoms with E-state index in [1.54, 1.807) is 32.9 Å². The Morgan fingerprint density at radius 3 is 2.57 bits per heavy atom. The number of halogens is 3. The predicted molar refractivity (Wildman–Crippen MR) is 129 cm³/mol. The van der Waals surface area contributed by atoms with E-state index in [0.29, 0.717) is 35.7 Å². The molecule has 1 atom stereocenters. The van der Waals surface area contributed by atoms with Gasteiger partial charge >= 0.3 is 12.3 Å². The molecule has 2 amide bonds. The van der Waals surface area contributed by atoms with Crippen molar-refractivity contribution in [3.05, 3.63) is 65.0 Å². The summed E-state index contributed by atoms with van der Waals surface area (Å²) in [6.45, 7) is 5.22. The first-order valence-electron chi connectivity index (χ1n) is 11.8. The highest BCUT2D eigenvalue weighted by atomic mass is 19.4. The van der Waals surface area contributed by atoms with E-state index in [1.807, 2.05) is 6.07 Å². The predicted octanol–water partition coefficient (Wildman–Crippen LogP) is 5.32. The normalized spacial score (nSPS) is 14.2. The molecule has 2 heterocycles. The van der Waals surface area contributed by atoms with Crippen LogP contribution in [0.15, 0.2) is 47.0 Å². The second-order valence-electron chi connectivity index (χ2n) is 9.89. The molecule has 2 aromatic carbocycles. The van der Waals surface area contributed by atoms with Gasteiger partial charge in [-0.3, -0.25) is 4.79 Å². The molecule has 1 aromatic heterocycles. The van der Waals surface area contributed by atoms with E-state index >= 15 is 0 Å². The molecule has 0 unspecified atom stereocenters. The maximum absolute atomic E-state index is 12.9. The quantitative estimate of drug-likeness (QED) is 0.440. The number of anilines is 1. The highest BCUT2D eigenvalue weighted by Gasteiger charge is 2.30. The van der Waals surface area contributed by atoms with E-state index in [9.17, 15) is 22.8 Å². The molecule has 37 heavy (non-hydrogen) atoms. The molecule has 0 radical (unpaired) electrons. The lowest BCUT2D eigenvalue weighted by molar-refractivity contribution is -0.137. The van der Waals surface area contributed by atoms with Crippen molar-refractivity contribution in [2.24, 2.45) is 0 Å². The molecule has 0 aliphatic carbocycles. The summed E-state index contributed by atoms with van der Waals surface area (Å²) in [6, 6.07) is 9.77. The number of alkyl halides is 3. The summed E-state index contributed by atoms with van der Waals surface area (Å²) in [5.74, 6) is 0.641. The van der Waals surface area contributed by atoms with Crippen LogP contribution in [0.3, 0.4) is 0 Å². The van der Waals surface area contributed by atoms with Crippen LogP contribution in [0.5, 0.6) is 0 Å². The summed E-state index contributed by atoms with van der Waals surface area (Å²) >= 11 is 0. The third-order valence-electron chi connectivity index (χ3n) is 5.65. The van der Waals surface area contributed by atoms with Crippen LogP contribution in [0.25, 0.3) is 11.4 Å². The van der Waals surface area contributed by atoms with Crippen LogP contribution in [-0.4, -0.2) is 33.8 Å². The molecular formula is C26H27F3N4O4. The topological polar surface area (TPSA) is 106 Å². The number of carbonyl (C=O) groups is 2. The van der Waals surface area contributed by atoms with E-state index < -0.39 is 29.5 Å². The molecule has 0 bridgehead atoms. The number of nitrogens with one attached hydrogen (secondary N) is 2. The van der Waals surface area contributed by atoms with Crippen molar-refractivity contribution in [3.63, 3.8) is 0 Å². The number of benzene rings is 2. The monoisotopic (exact) mass is 516 g/mol. The van der Waals surface area contributed by atoms with Crippen molar-refractivity contribution in [2.45, 2.75) is 64.3 Å². The molecule has 0 spiro atoms. The SMILES string of the molecule is CC(C)(C)OC(=O)N[C@@H](CCc1nc(-c2ccc3c(c2)CC(=O)N3)no1)Cc1ccc(C(F)(F)F)cc1. The Balaban J connectivity index is 1.44. The molecule has 1 aliphatic heterocycles. The Bertz CT molecular complexity index is 1280. The number of ether oxygens (including phenoxy) is 1. The summed E-state index contributed by atoms with van der Waals surface area (Å²) in [5.41, 5.74) is 1.50. The number of amides is 2. The zero-order chi connectivity index (χ0) is 26.8. The second kappa shape index (κ2) is 10.2. The van der Waals surface area contributed by atoms with Gasteiger partial charge in [0.05, 0.1) is 12.0 Å². The molecule has 0 saturated heterocycles. The Morgan fingerprint density at radius 1 is 1.16 bits per heavy atom. The van der Waals surface area contributed by atoms with Crippen LogP contribution < -0.4 is 10.6 Å². The van der Waals surface area contributed by atoms with E-state index in [2.05, 4.69) is 20.8 Å². The molecule has 4 rings (SSSR count). The minimum atomic E-state index is -4.42. The first kappa shape index (κ1) is 26.2. The molecule has 1 aliphatic rings. The van der Waals surface area contributed by atoms with E-state index in [4.69, 9.17) is 9.26 Å². The number of aryl methyl sites for hydroxylation is 1. The van der Waals surface area contributed by atoms with Gasteiger partial charge in [-0.15, -0.1) is 0 Å². The summed E-state index contributed by atoms with van der Waals surface area (Å²) in [5, 5.41) is 9.59. The number of fused-ring (bicyclic) bond motifs is 1. The minimum Gasteiger partial charge on any atom is -0.444 e. The number of hydrogen-bond donors (Lipinski definition) is 2. The number of carbonyl (C=O) groups excluding carboxylic acids is 2. The van der Waals surface area contributed by atoms with Gasteiger partial charge in [0.25, 0.3) is 0 Å². The van der Waals surface area contributed by atoms with Crippen molar-refractivity contribution >= 4 is 17.7 Å². The van der Waals surface area contributed by atoms with Gasteiger partial charge in [-0.2, -0.15) is 18.2 Å².